The summed E-state index contributed by atoms with van der Waals surface area (Å²) in [4.78, 5) is 28.8. The molecular formula is C26H18N6O5S. The van der Waals surface area contributed by atoms with Crippen molar-refractivity contribution >= 4 is 43.5 Å². The second-order valence-corrected chi connectivity index (χ2v) is 9.85. The molecule has 0 saturated carbocycles. The molecule has 0 fully saturated rings. The number of nitriles is 1. The van der Waals surface area contributed by atoms with Crippen LogP contribution in [-0.4, -0.2) is 38.8 Å². The number of carboxylic acid groups (broad SMARTS) is 1. The van der Waals surface area contributed by atoms with E-state index in [-0.39, 0.29) is 11.2 Å². The minimum absolute atomic E-state index is 0.112. The summed E-state index contributed by atoms with van der Waals surface area (Å²) in [5.41, 5.74) is 1.66. The van der Waals surface area contributed by atoms with Crippen molar-refractivity contribution in [1.29, 1.82) is 5.26 Å². The molecule has 0 aliphatic carbocycles. The number of aryl methyl sites for hydroxylation is 1. The first-order valence-electron chi connectivity index (χ1n) is 11.1. The van der Waals surface area contributed by atoms with E-state index in [9.17, 15) is 18.0 Å². The van der Waals surface area contributed by atoms with Gasteiger partial charge >= 0.3 is 5.97 Å². The maximum atomic E-state index is 13.2. The molecule has 3 aromatic heterocycles. The van der Waals surface area contributed by atoms with Crippen LogP contribution in [0.4, 0.5) is 5.69 Å². The number of hydrogen-bond acceptors (Lipinski definition) is 7. The first-order valence-corrected chi connectivity index (χ1v) is 12.6. The lowest BCUT2D eigenvalue weighted by Gasteiger charge is -2.16. The van der Waals surface area contributed by atoms with Gasteiger partial charge in [-0.15, -0.1) is 0 Å². The summed E-state index contributed by atoms with van der Waals surface area (Å²) in [5.74, 6) is -1.67. The lowest BCUT2D eigenvalue weighted by molar-refractivity contribution is -0.132. The van der Waals surface area contributed by atoms with Crippen LogP contribution in [0.1, 0.15) is 5.56 Å². The summed E-state index contributed by atoms with van der Waals surface area (Å²) < 4.78 is 30.6. The standard InChI is InChI=1S/C26H18N6O5S/c1-16-3-5-20(12-23(16)30-38(36,37)15-18(13-27)26(34)35)32-24(33)8-4-17-14-28-22-7-6-19(11-21(22)25(17)32)31-10-2-9-29-31/h2-12,14-15,30H,1H3,(H,34,35). The fraction of sp³-hybridized carbons (Fsp3) is 0.0385. The number of pyridine rings is 2. The Kier molecular flexibility index (Phi) is 5.98. The van der Waals surface area contributed by atoms with Crippen LogP contribution in [-0.2, 0) is 14.8 Å². The van der Waals surface area contributed by atoms with E-state index in [1.807, 2.05) is 18.2 Å². The van der Waals surface area contributed by atoms with Crippen molar-refractivity contribution in [3.63, 3.8) is 0 Å². The number of hydrogen-bond donors (Lipinski definition) is 2. The van der Waals surface area contributed by atoms with Gasteiger partial charge in [-0.1, -0.05) is 6.07 Å². The minimum atomic E-state index is -4.35. The van der Waals surface area contributed by atoms with Crippen LogP contribution in [0.2, 0.25) is 0 Å². The summed E-state index contributed by atoms with van der Waals surface area (Å²) in [6.07, 6.45) is 5.10. The normalized spacial score (nSPS) is 11.9. The number of rotatable bonds is 6. The Morgan fingerprint density at radius 3 is 2.63 bits per heavy atom. The van der Waals surface area contributed by atoms with Gasteiger partial charge in [-0.2, -0.15) is 10.4 Å². The molecule has 2 aromatic carbocycles. The summed E-state index contributed by atoms with van der Waals surface area (Å²) in [6.45, 7) is 1.65. The molecule has 0 aliphatic heterocycles. The van der Waals surface area contributed by atoms with Gasteiger partial charge in [0.05, 0.1) is 33.5 Å². The van der Waals surface area contributed by atoms with Crippen LogP contribution in [0.3, 0.4) is 0 Å². The van der Waals surface area contributed by atoms with Crippen LogP contribution in [0, 0.1) is 18.3 Å². The molecule has 0 aliphatic rings. The number of aromatic nitrogens is 4. The smallest absolute Gasteiger partial charge is 0.347 e. The van der Waals surface area contributed by atoms with Crippen molar-refractivity contribution in [3.05, 3.63) is 100 Å². The average Bonchev–Trinajstić information content (AvgIpc) is 3.43. The highest BCUT2D eigenvalue weighted by molar-refractivity contribution is 7.95. The number of benzene rings is 2. The Balaban J connectivity index is 1.71. The van der Waals surface area contributed by atoms with Gasteiger partial charge in [0.25, 0.3) is 15.6 Å². The number of aliphatic carboxylic acids is 1. The Bertz CT molecular complexity index is 1990. The lowest BCUT2D eigenvalue weighted by atomic mass is 10.1. The molecular weight excluding hydrogens is 508 g/mol. The molecule has 0 saturated heterocycles. The second kappa shape index (κ2) is 9.30. The number of carboxylic acids is 1. The molecule has 0 spiro atoms. The molecule has 5 rings (SSSR count). The summed E-state index contributed by atoms with van der Waals surface area (Å²) in [5, 5.41) is 23.9. The molecule has 38 heavy (non-hydrogen) atoms. The topological polar surface area (TPSA) is 160 Å². The fourth-order valence-electron chi connectivity index (χ4n) is 4.04. The lowest BCUT2D eigenvalue weighted by Crippen LogP contribution is -2.18. The molecule has 0 unspecified atom stereocenters. The number of carbonyl (C=O) groups is 1. The Labute approximate surface area is 215 Å². The average molecular weight is 527 g/mol. The Morgan fingerprint density at radius 2 is 1.92 bits per heavy atom. The highest BCUT2D eigenvalue weighted by atomic mass is 32.2. The van der Waals surface area contributed by atoms with E-state index in [1.165, 1.54) is 22.8 Å². The van der Waals surface area contributed by atoms with Gasteiger partial charge in [-0.3, -0.25) is 19.1 Å². The van der Waals surface area contributed by atoms with E-state index in [0.29, 0.717) is 38.5 Å². The molecule has 11 nitrogen and oxygen atoms in total. The van der Waals surface area contributed by atoms with Gasteiger partial charge in [0, 0.05) is 35.4 Å². The third kappa shape index (κ3) is 4.49. The van der Waals surface area contributed by atoms with Crippen molar-refractivity contribution in [2.45, 2.75) is 6.92 Å². The van der Waals surface area contributed by atoms with Gasteiger partial charge in [0.15, 0.2) is 0 Å². The van der Waals surface area contributed by atoms with Gasteiger partial charge in [-0.05, 0) is 55.0 Å². The quantitative estimate of drug-likeness (QED) is 0.194. The number of nitrogens with one attached hydrogen (secondary N) is 1. The summed E-state index contributed by atoms with van der Waals surface area (Å²) >= 11 is 0. The molecule has 0 atom stereocenters. The molecule has 3 heterocycles. The van der Waals surface area contributed by atoms with Crippen LogP contribution in [0.25, 0.3) is 33.2 Å². The monoisotopic (exact) mass is 526 g/mol. The number of sulfonamides is 1. The zero-order valence-corrected chi connectivity index (χ0v) is 20.5. The zero-order chi connectivity index (χ0) is 27.0. The van der Waals surface area contributed by atoms with E-state index < -0.39 is 21.6 Å². The molecule has 12 heteroatoms. The van der Waals surface area contributed by atoms with Crippen LogP contribution < -0.4 is 10.3 Å². The Hall–Kier alpha value is -5.28. The SMILES string of the molecule is Cc1ccc(-n2c(=O)ccc3cnc4ccc(-n5cccn5)cc4c32)cc1NS(=O)(=O)C=C(C#N)C(=O)O. The molecule has 0 bridgehead atoms. The van der Waals surface area contributed by atoms with Gasteiger partial charge in [0.2, 0.25) is 0 Å². The van der Waals surface area contributed by atoms with Crippen molar-refractivity contribution in [3.8, 4) is 17.4 Å². The van der Waals surface area contributed by atoms with Crippen molar-refractivity contribution in [1.82, 2.24) is 19.3 Å². The number of fused-ring (bicyclic) bond motifs is 3. The highest BCUT2D eigenvalue weighted by Crippen LogP contribution is 2.28. The number of anilines is 1. The Morgan fingerprint density at radius 1 is 1.13 bits per heavy atom. The predicted octanol–water partition coefficient (Wildman–Crippen LogP) is 3.27. The maximum Gasteiger partial charge on any atom is 0.347 e. The van der Waals surface area contributed by atoms with Crippen molar-refractivity contribution < 1.29 is 18.3 Å². The van der Waals surface area contributed by atoms with E-state index in [1.54, 1.807) is 54.5 Å². The van der Waals surface area contributed by atoms with Gasteiger partial charge in [0.1, 0.15) is 11.6 Å². The fourth-order valence-corrected chi connectivity index (χ4v) is 5.09. The van der Waals surface area contributed by atoms with E-state index >= 15 is 0 Å². The first kappa shape index (κ1) is 24.4. The van der Waals surface area contributed by atoms with Gasteiger partial charge in [-0.25, -0.2) is 17.9 Å². The number of nitrogens with zero attached hydrogens (tertiary/aromatic N) is 5. The highest BCUT2D eigenvalue weighted by Gasteiger charge is 2.17. The predicted molar refractivity (Wildman–Crippen MR) is 141 cm³/mol. The first-order chi connectivity index (χ1) is 18.2. The largest absolute Gasteiger partial charge is 0.477 e. The summed E-state index contributed by atoms with van der Waals surface area (Å²) in [7, 11) is -4.35. The van der Waals surface area contributed by atoms with E-state index in [0.717, 1.165) is 5.69 Å². The summed E-state index contributed by atoms with van der Waals surface area (Å²) in [6, 6.07) is 16.5. The molecule has 5 aromatic rings. The molecule has 0 radical (unpaired) electrons. The van der Waals surface area contributed by atoms with Crippen molar-refractivity contribution in [2.24, 2.45) is 0 Å². The minimum Gasteiger partial charge on any atom is -0.477 e. The third-order valence-electron chi connectivity index (χ3n) is 5.83. The van der Waals surface area contributed by atoms with Crippen LogP contribution in [0.5, 0.6) is 0 Å². The zero-order valence-electron chi connectivity index (χ0n) is 19.7. The maximum absolute atomic E-state index is 13.2. The van der Waals surface area contributed by atoms with E-state index in [4.69, 9.17) is 10.4 Å². The van der Waals surface area contributed by atoms with Crippen LogP contribution >= 0.6 is 0 Å². The molecule has 2 N–H and O–H groups in total. The van der Waals surface area contributed by atoms with Gasteiger partial charge < -0.3 is 5.11 Å². The third-order valence-corrected chi connectivity index (χ3v) is 6.88. The van der Waals surface area contributed by atoms with E-state index in [2.05, 4.69) is 14.8 Å². The molecule has 188 valence electrons. The van der Waals surface area contributed by atoms with Crippen molar-refractivity contribution in [2.75, 3.05) is 4.72 Å². The van der Waals surface area contributed by atoms with Crippen LogP contribution in [0.15, 0.2) is 89.0 Å². The molecule has 0 amide bonds. The second-order valence-electron chi connectivity index (χ2n) is 8.32.